The Kier molecular flexibility index (Phi) is 12.8. The number of aliphatic hydroxyl groups is 1. The normalized spacial score (nSPS) is 13.0. The molecule has 1 unspecified atom stereocenters. The minimum Gasteiger partial charge on any atom is -0.396 e. The molecular formula is C17H31IN4O3S. The van der Waals surface area contributed by atoms with Gasteiger partial charge in [0.25, 0.3) is 0 Å². The maximum absolute atomic E-state index is 11.4. The van der Waals surface area contributed by atoms with Crippen molar-refractivity contribution < 1.29 is 13.5 Å². The van der Waals surface area contributed by atoms with Crippen LogP contribution in [0.15, 0.2) is 34.2 Å². The van der Waals surface area contributed by atoms with E-state index in [4.69, 9.17) is 10.2 Å². The molecule has 0 aliphatic heterocycles. The van der Waals surface area contributed by atoms with E-state index in [1.807, 2.05) is 13.0 Å². The van der Waals surface area contributed by atoms with Crippen molar-refractivity contribution in [1.29, 1.82) is 0 Å². The lowest BCUT2D eigenvalue weighted by atomic mass is 10.0. The summed E-state index contributed by atoms with van der Waals surface area (Å²) in [6.45, 7) is 6.09. The summed E-state index contributed by atoms with van der Waals surface area (Å²) in [5.41, 5.74) is 0.768. The van der Waals surface area contributed by atoms with Crippen LogP contribution >= 0.6 is 24.0 Å². The predicted octanol–water partition coefficient (Wildman–Crippen LogP) is 1.81. The van der Waals surface area contributed by atoms with Gasteiger partial charge in [-0.15, -0.1) is 24.0 Å². The van der Waals surface area contributed by atoms with E-state index in [1.165, 1.54) is 12.1 Å². The van der Waals surface area contributed by atoms with Gasteiger partial charge >= 0.3 is 0 Å². The third kappa shape index (κ3) is 9.70. The van der Waals surface area contributed by atoms with Crippen molar-refractivity contribution in [3.8, 4) is 0 Å². The van der Waals surface area contributed by atoms with E-state index in [2.05, 4.69) is 22.5 Å². The van der Waals surface area contributed by atoms with Crippen LogP contribution in [0.4, 0.5) is 0 Å². The summed E-state index contributed by atoms with van der Waals surface area (Å²) in [6.07, 6.45) is 2.88. The van der Waals surface area contributed by atoms with Gasteiger partial charge in [0.05, 0.1) is 11.4 Å². The van der Waals surface area contributed by atoms with Crippen molar-refractivity contribution in [3.05, 3.63) is 29.8 Å². The van der Waals surface area contributed by atoms with E-state index >= 15 is 0 Å². The Balaban J connectivity index is 0.00000625. The summed E-state index contributed by atoms with van der Waals surface area (Å²) in [5.74, 6) is 1.06. The third-order valence-corrected chi connectivity index (χ3v) is 4.69. The van der Waals surface area contributed by atoms with E-state index in [9.17, 15) is 8.42 Å². The number of nitrogens with two attached hydrogens (primary N) is 1. The van der Waals surface area contributed by atoms with Crippen LogP contribution in [0.25, 0.3) is 0 Å². The van der Waals surface area contributed by atoms with Crippen molar-refractivity contribution in [2.24, 2.45) is 16.0 Å². The number of nitrogens with zero attached hydrogens (tertiary/aromatic N) is 1. The minimum absolute atomic E-state index is 0. The van der Waals surface area contributed by atoms with Crippen molar-refractivity contribution in [1.82, 2.24) is 10.6 Å². The predicted molar refractivity (Wildman–Crippen MR) is 116 cm³/mol. The molecule has 0 saturated heterocycles. The highest BCUT2D eigenvalue weighted by Crippen LogP contribution is 2.11. The fourth-order valence-corrected chi connectivity index (χ4v) is 3.10. The smallest absolute Gasteiger partial charge is 0.238 e. The average Bonchev–Trinajstić information content (AvgIpc) is 2.57. The number of primary sulfonamides is 1. The number of rotatable bonds is 10. The topological polar surface area (TPSA) is 117 Å². The largest absolute Gasteiger partial charge is 0.396 e. The molecule has 26 heavy (non-hydrogen) atoms. The first kappa shape index (κ1) is 25.1. The molecule has 0 aliphatic carbocycles. The monoisotopic (exact) mass is 498 g/mol. The molecule has 0 radical (unpaired) electrons. The maximum atomic E-state index is 11.4. The lowest BCUT2D eigenvalue weighted by Crippen LogP contribution is -2.40. The van der Waals surface area contributed by atoms with Gasteiger partial charge in [0.15, 0.2) is 5.96 Å². The van der Waals surface area contributed by atoms with Gasteiger partial charge in [-0.05, 0) is 43.4 Å². The molecule has 9 heteroatoms. The van der Waals surface area contributed by atoms with Crippen LogP contribution in [0.3, 0.4) is 0 Å². The first-order valence-electron chi connectivity index (χ1n) is 8.65. The molecule has 1 atom stereocenters. The summed E-state index contributed by atoms with van der Waals surface area (Å²) in [7, 11) is -3.71. The lowest BCUT2D eigenvalue weighted by molar-refractivity contribution is 0.251. The Morgan fingerprint density at radius 2 is 2.00 bits per heavy atom. The van der Waals surface area contributed by atoms with Crippen molar-refractivity contribution in [2.45, 2.75) is 44.6 Å². The zero-order chi connectivity index (χ0) is 18.7. The van der Waals surface area contributed by atoms with Gasteiger partial charge < -0.3 is 15.7 Å². The molecule has 0 aliphatic rings. The second-order valence-electron chi connectivity index (χ2n) is 5.94. The Bertz CT molecular complexity index is 647. The Labute approximate surface area is 173 Å². The zero-order valence-corrected chi connectivity index (χ0v) is 18.6. The molecule has 1 aromatic carbocycles. The van der Waals surface area contributed by atoms with Gasteiger partial charge in [0, 0.05) is 19.7 Å². The molecule has 0 spiro atoms. The SMILES string of the molecule is CCCC(CCO)CNC(=NCc1cccc(S(N)(=O)=O)c1)NCC.I. The van der Waals surface area contributed by atoms with Crippen LogP contribution in [-0.4, -0.2) is 39.2 Å². The first-order chi connectivity index (χ1) is 11.9. The van der Waals surface area contributed by atoms with Crippen LogP contribution in [0.2, 0.25) is 0 Å². The molecule has 0 saturated carbocycles. The molecule has 0 amide bonds. The Morgan fingerprint density at radius 1 is 1.27 bits per heavy atom. The number of guanidine groups is 1. The van der Waals surface area contributed by atoms with Gasteiger partial charge in [-0.3, -0.25) is 0 Å². The summed E-state index contributed by atoms with van der Waals surface area (Å²) in [5, 5.41) is 20.8. The number of aliphatic hydroxyl groups excluding tert-OH is 1. The van der Waals surface area contributed by atoms with E-state index in [-0.39, 0.29) is 35.5 Å². The van der Waals surface area contributed by atoms with Crippen LogP contribution in [-0.2, 0) is 16.6 Å². The number of aliphatic imine (C=N–C) groups is 1. The van der Waals surface area contributed by atoms with E-state index < -0.39 is 10.0 Å². The second kappa shape index (κ2) is 13.3. The standard InChI is InChI=1S/C17H30N4O3S.HI/c1-3-6-14(9-10-22)12-20-17(19-4-2)21-13-15-7-5-8-16(11-15)25(18,23)24;/h5,7-8,11,14,22H,3-4,6,9-10,12-13H2,1-2H3,(H2,18,23,24)(H2,19,20,21);1H. The van der Waals surface area contributed by atoms with Crippen LogP contribution in [0.1, 0.15) is 38.7 Å². The first-order valence-corrected chi connectivity index (χ1v) is 10.2. The average molecular weight is 498 g/mol. The number of halogens is 1. The highest BCUT2D eigenvalue weighted by Gasteiger charge is 2.09. The molecule has 0 bridgehead atoms. The summed E-state index contributed by atoms with van der Waals surface area (Å²) >= 11 is 0. The van der Waals surface area contributed by atoms with E-state index in [1.54, 1.807) is 6.07 Å². The third-order valence-electron chi connectivity index (χ3n) is 3.78. The van der Waals surface area contributed by atoms with E-state index in [0.717, 1.165) is 37.9 Å². The van der Waals surface area contributed by atoms with Crippen LogP contribution < -0.4 is 15.8 Å². The van der Waals surface area contributed by atoms with Crippen LogP contribution in [0, 0.1) is 5.92 Å². The number of nitrogens with one attached hydrogen (secondary N) is 2. The fraction of sp³-hybridized carbons (Fsp3) is 0.588. The molecule has 1 rings (SSSR count). The van der Waals surface area contributed by atoms with Crippen molar-refractivity contribution >= 4 is 40.0 Å². The Hall–Kier alpha value is -0.910. The highest BCUT2D eigenvalue weighted by atomic mass is 127. The maximum Gasteiger partial charge on any atom is 0.238 e. The molecule has 150 valence electrons. The molecular weight excluding hydrogens is 467 g/mol. The Morgan fingerprint density at radius 3 is 2.58 bits per heavy atom. The molecule has 7 nitrogen and oxygen atoms in total. The van der Waals surface area contributed by atoms with E-state index in [0.29, 0.717) is 18.4 Å². The minimum atomic E-state index is -3.71. The number of benzene rings is 1. The highest BCUT2D eigenvalue weighted by molar-refractivity contribution is 14.0. The van der Waals surface area contributed by atoms with Gasteiger partial charge in [-0.25, -0.2) is 18.5 Å². The van der Waals surface area contributed by atoms with Crippen molar-refractivity contribution in [2.75, 3.05) is 19.7 Å². The zero-order valence-electron chi connectivity index (χ0n) is 15.4. The van der Waals surface area contributed by atoms with Crippen LogP contribution in [0.5, 0.6) is 0 Å². The summed E-state index contributed by atoms with van der Waals surface area (Å²) in [6, 6.07) is 6.47. The van der Waals surface area contributed by atoms with Gasteiger partial charge in [0.1, 0.15) is 0 Å². The lowest BCUT2D eigenvalue weighted by Gasteiger charge is -2.18. The van der Waals surface area contributed by atoms with Gasteiger partial charge in [-0.2, -0.15) is 0 Å². The molecule has 0 aromatic heterocycles. The molecule has 5 N–H and O–H groups in total. The fourth-order valence-electron chi connectivity index (χ4n) is 2.51. The second-order valence-corrected chi connectivity index (χ2v) is 7.50. The van der Waals surface area contributed by atoms with Crippen molar-refractivity contribution in [3.63, 3.8) is 0 Å². The molecule has 0 heterocycles. The summed E-state index contributed by atoms with van der Waals surface area (Å²) < 4.78 is 22.8. The summed E-state index contributed by atoms with van der Waals surface area (Å²) in [4.78, 5) is 4.58. The van der Waals surface area contributed by atoms with Gasteiger partial charge in [-0.1, -0.05) is 25.5 Å². The molecule has 0 fully saturated rings. The number of hydrogen-bond donors (Lipinski definition) is 4. The van der Waals surface area contributed by atoms with Gasteiger partial charge in [0.2, 0.25) is 10.0 Å². The molecule has 1 aromatic rings. The number of hydrogen-bond acceptors (Lipinski definition) is 4. The quantitative estimate of drug-likeness (QED) is 0.223. The number of sulfonamides is 1.